The van der Waals surface area contributed by atoms with E-state index >= 15 is 0 Å². The van der Waals surface area contributed by atoms with Gasteiger partial charge in [0, 0.05) is 12.2 Å². The lowest BCUT2D eigenvalue weighted by atomic mass is 10.1. The number of carboxylic acids is 1. The highest BCUT2D eigenvalue weighted by molar-refractivity contribution is 6.05. The Morgan fingerprint density at radius 1 is 1.30 bits per heavy atom. The van der Waals surface area contributed by atoms with Gasteiger partial charge >= 0.3 is 5.97 Å². The molecule has 0 spiro atoms. The number of carbonyl (C=O) groups excluding carboxylic acids is 2. The van der Waals surface area contributed by atoms with Gasteiger partial charge in [-0.2, -0.15) is 0 Å². The summed E-state index contributed by atoms with van der Waals surface area (Å²) in [5.41, 5.74) is 5.66. The number of carboxylic acid groups (broad SMARTS) is 1. The van der Waals surface area contributed by atoms with Crippen molar-refractivity contribution in [2.24, 2.45) is 5.73 Å². The molecule has 7 heteroatoms. The van der Waals surface area contributed by atoms with Crippen molar-refractivity contribution in [2.75, 3.05) is 11.4 Å². The first-order valence-corrected chi connectivity index (χ1v) is 5.76. The number of amides is 2. The molecule has 2 amide bonds. The number of ether oxygens (including phenoxy) is 1. The Morgan fingerprint density at radius 2 is 2.00 bits per heavy atom. The number of primary amides is 1. The lowest BCUT2D eigenvalue weighted by Gasteiger charge is -2.32. The summed E-state index contributed by atoms with van der Waals surface area (Å²) in [5.74, 6) is -2.14. The first-order valence-electron chi connectivity index (χ1n) is 5.76. The van der Waals surface area contributed by atoms with Gasteiger partial charge in [-0.1, -0.05) is 12.1 Å². The fourth-order valence-corrected chi connectivity index (χ4v) is 1.82. The van der Waals surface area contributed by atoms with E-state index in [4.69, 9.17) is 15.6 Å². The van der Waals surface area contributed by atoms with Crippen LogP contribution in [-0.4, -0.2) is 35.5 Å². The molecule has 1 aliphatic heterocycles. The molecule has 7 nitrogen and oxygen atoms in total. The fraction of sp³-hybridized carbons (Fsp3) is 0.154. The van der Waals surface area contributed by atoms with Crippen molar-refractivity contribution in [2.45, 2.75) is 6.10 Å². The predicted molar refractivity (Wildman–Crippen MR) is 69.2 cm³/mol. The molecule has 1 heterocycles. The average molecular weight is 276 g/mol. The Balaban J connectivity index is 2.33. The number of benzene rings is 1. The normalized spacial score (nSPS) is 17.4. The third kappa shape index (κ3) is 2.77. The van der Waals surface area contributed by atoms with Gasteiger partial charge in [-0.15, -0.1) is 0 Å². The number of rotatable bonds is 3. The molecule has 0 fully saturated rings. The largest absolute Gasteiger partial charge is 0.478 e. The maximum absolute atomic E-state index is 12.0. The molecule has 1 atom stereocenters. The minimum Gasteiger partial charge on any atom is -0.478 e. The van der Waals surface area contributed by atoms with E-state index < -0.39 is 23.9 Å². The summed E-state index contributed by atoms with van der Waals surface area (Å²) in [6, 6.07) is 6.64. The number of hydrogen-bond donors (Lipinski definition) is 2. The van der Waals surface area contributed by atoms with Crippen LogP contribution in [0.5, 0.6) is 5.75 Å². The monoisotopic (exact) mass is 276 g/mol. The lowest BCUT2D eigenvalue weighted by Crippen LogP contribution is -2.49. The van der Waals surface area contributed by atoms with Crippen LogP contribution in [0.4, 0.5) is 5.69 Å². The van der Waals surface area contributed by atoms with Crippen LogP contribution in [0.15, 0.2) is 36.4 Å². The van der Waals surface area contributed by atoms with E-state index in [0.717, 1.165) is 12.2 Å². The summed E-state index contributed by atoms with van der Waals surface area (Å²) in [7, 11) is 0. The average Bonchev–Trinajstić information content (AvgIpc) is 2.43. The number of hydrogen-bond acceptors (Lipinski definition) is 4. The minimum absolute atomic E-state index is 0.0604. The van der Waals surface area contributed by atoms with Crippen LogP contribution >= 0.6 is 0 Å². The molecule has 2 rings (SSSR count). The van der Waals surface area contributed by atoms with E-state index in [2.05, 4.69) is 0 Å². The van der Waals surface area contributed by atoms with Gasteiger partial charge in [0.1, 0.15) is 5.75 Å². The fourth-order valence-electron chi connectivity index (χ4n) is 1.82. The van der Waals surface area contributed by atoms with Crippen LogP contribution in [0.1, 0.15) is 0 Å². The predicted octanol–water partition coefficient (Wildman–Crippen LogP) is -0.0933. The Kier molecular flexibility index (Phi) is 3.69. The van der Waals surface area contributed by atoms with Gasteiger partial charge in [-0.3, -0.25) is 9.59 Å². The minimum atomic E-state index is -1.23. The molecule has 0 saturated heterocycles. The maximum atomic E-state index is 12.0. The van der Waals surface area contributed by atoms with Crippen molar-refractivity contribution in [1.82, 2.24) is 0 Å². The molecule has 1 aromatic rings. The topological polar surface area (TPSA) is 110 Å². The summed E-state index contributed by atoms with van der Waals surface area (Å²) in [6.45, 7) is -0.0604. The highest BCUT2D eigenvalue weighted by atomic mass is 16.5. The van der Waals surface area contributed by atoms with Crippen molar-refractivity contribution in [3.8, 4) is 5.75 Å². The number of nitrogens with two attached hydrogens (primary N) is 1. The highest BCUT2D eigenvalue weighted by Gasteiger charge is 2.31. The quantitative estimate of drug-likeness (QED) is 0.749. The lowest BCUT2D eigenvalue weighted by molar-refractivity contribution is -0.131. The maximum Gasteiger partial charge on any atom is 0.328 e. The van der Waals surface area contributed by atoms with Gasteiger partial charge in [-0.25, -0.2) is 4.79 Å². The van der Waals surface area contributed by atoms with Gasteiger partial charge in [0.05, 0.1) is 12.2 Å². The van der Waals surface area contributed by atoms with Crippen molar-refractivity contribution in [1.29, 1.82) is 0 Å². The number of anilines is 1. The number of carbonyl (C=O) groups is 3. The summed E-state index contributed by atoms with van der Waals surface area (Å²) >= 11 is 0. The highest BCUT2D eigenvalue weighted by Crippen LogP contribution is 2.33. The number of para-hydroxylation sites is 2. The second kappa shape index (κ2) is 5.43. The summed E-state index contributed by atoms with van der Waals surface area (Å²) in [5, 5.41) is 8.54. The van der Waals surface area contributed by atoms with E-state index in [0.29, 0.717) is 11.4 Å². The number of aliphatic carboxylic acids is 1. The molecule has 0 aliphatic carbocycles. The van der Waals surface area contributed by atoms with Gasteiger partial charge < -0.3 is 20.5 Å². The Morgan fingerprint density at radius 3 is 2.65 bits per heavy atom. The first-order chi connectivity index (χ1) is 9.49. The van der Waals surface area contributed by atoms with Crippen LogP contribution in [-0.2, 0) is 14.4 Å². The SMILES string of the molecule is NC(=O)C1CN(C(=O)/C=C\C(=O)O)c2ccccc2O1. The zero-order chi connectivity index (χ0) is 14.7. The van der Waals surface area contributed by atoms with E-state index in [9.17, 15) is 14.4 Å². The molecule has 1 aromatic carbocycles. The van der Waals surface area contributed by atoms with Gasteiger partial charge in [0.25, 0.3) is 11.8 Å². The summed E-state index contributed by atoms with van der Waals surface area (Å²) in [4.78, 5) is 35.0. The molecule has 20 heavy (non-hydrogen) atoms. The van der Waals surface area contributed by atoms with Crippen LogP contribution < -0.4 is 15.4 Å². The second-order valence-corrected chi connectivity index (χ2v) is 4.10. The third-order valence-corrected chi connectivity index (χ3v) is 2.73. The van der Waals surface area contributed by atoms with E-state index in [1.807, 2.05) is 0 Å². The zero-order valence-corrected chi connectivity index (χ0v) is 10.4. The molecule has 3 N–H and O–H groups in total. The van der Waals surface area contributed by atoms with Crippen LogP contribution in [0.3, 0.4) is 0 Å². The molecule has 0 aromatic heterocycles. The molecular formula is C13H12N2O5. The zero-order valence-electron chi connectivity index (χ0n) is 10.4. The van der Waals surface area contributed by atoms with E-state index in [-0.39, 0.29) is 6.54 Å². The van der Waals surface area contributed by atoms with E-state index in [1.54, 1.807) is 24.3 Å². The number of fused-ring (bicyclic) bond motifs is 1. The second-order valence-electron chi connectivity index (χ2n) is 4.10. The van der Waals surface area contributed by atoms with Crippen LogP contribution in [0.25, 0.3) is 0 Å². The van der Waals surface area contributed by atoms with Crippen molar-refractivity contribution in [3.05, 3.63) is 36.4 Å². The van der Waals surface area contributed by atoms with Crippen molar-refractivity contribution >= 4 is 23.5 Å². The van der Waals surface area contributed by atoms with Crippen LogP contribution in [0.2, 0.25) is 0 Å². The molecule has 0 radical (unpaired) electrons. The van der Waals surface area contributed by atoms with Crippen LogP contribution in [0, 0.1) is 0 Å². The Hall–Kier alpha value is -2.83. The Bertz CT molecular complexity index is 596. The molecule has 104 valence electrons. The van der Waals surface area contributed by atoms with E-state index in [1.165, 1.54) is 4.90 Å². The number of nitrogens with zero attached hydrogens (tertiary/aromatic N) is 1. The summed E-state index contributed by atoms with van der Waals surface area (Å²) < 4.78 is 5.39. The standard InChI is InChI=1S/C13H12N2O5/c14-13(19)10-7-15(11(16)5-6-12(17)18)8-3-1-2-4-9(8)20-10/h1-6,10H,7H2,(H2,14,19)(H,17,18)/b6-5-. The van der Waals surface area contributed by atoms with Gasteiger partial charge in [-0.05, 0) is 12.1 Å². The molecule has 0 saturated carbocycles. The summed E-state index contributed by atoms with van der Waals surface area (Å²) in [6.07, 6.45) is 0.689. The van der Waals surface area contributed by atoms with Crippen molar-refractivity contribution in [3.63, 3.8) is 0 Å². The molecule has 0 bridgehead atoms. The third-order valence-electron chi connectivity index (χ3n) is 2.73. The smallest absolute Gasteiger partial charge is 0.328 e. The van der Waals surface area contributed by atoms with Gasteiger partial charge in [0.15, 0.2) is 6.10 Å². The van der Waals surface area contributed by atoms with Crippen molar-refractivity contribution < 1.29 is 24.2 Å². The first kappa shape index (κ1) is 13.6. The Labute approximate surface area is 114 Å². The molecule has 1 aliphatic rings. The molecular weight excluding hydrogens is 264 g/mol. The van der Waals surface area contributed by atoms with Gasteiger partial charge in [0.2, 0.25) is 0 Å². The molecule has 1 unspecified atom stereocenters.